The Labute approximate surface area is 89.4 Å². The number of aryl methyl sites for hydroxylation is 1. The van der Waals surface area contributed by atoms with Crippen molar-refractivity contribution in [1.29, 1.82) is 0 Å². The van der Waals surface area contributed by atoms with Crippen molar-refractivity contribution in [2.24, 2.45) is 0 Å². The first-order valence-corrected chi connectivity index (χ1v) is 5.98. The predicted molar refractivity (Wildman–Crippen MR) is 57.0 cm³/mol. The molecule has 1 aromatic rings. The third-order valence-electron chi connectivity index (χ3n) is 1.85. The van der Waals surface area contributed by atoms with Gasteiger partial charge in [0.05, 0.1) is 10.9 Å². The quantitative estimate of drug-likeness (QED) is 0.776. The zero-order chi connectivity index (χ0) is 11.5. The van der Waals surface area contributed by atoms with Crippen LogP contribution >= 0.6 is 0 Å². The highest BCUT2D eigenvalue weighted by Crippen LogP contribution is 2.10. The van der Waals surface area contributed by atoms with Crippen LogP contribution in [0.4, 0.5) is 0 Å². The molecule has 5 heteroatoms. The molecule has 0 amide bonds. The minimum absolute atomic E-state index is 0.177. The zero-order valence-electron chi connectivity index (χ0n) is 8.60. The molecule has 0 heterocycles. The molecule has 1 N–H and O–H groups in total. The lowest BCUT2D eigenvalue weighted by molar-refractivity contribution is -0.108. The summed E-state index contributed by atoms with van der Waals surface area (Å²) in [5.74, 6) is 0. The van der Waals surface area contributed by atoms with Crippen LogP contribution in [0, 0.1) is 6.92 Å². The summed E-state index contributed by atoms with van der Waals surface area (Å²) in [6, 6.07) is 5.81. The smallest absolute Gasteiger partial charge is 0.241 e. The van der Waals surface area contributed by atoms with E-state index in [2.05, 4.69) is 4.72 Å². The van der Waals surface area contributed by atoms with Crippen LogP contribution in [0.5, 0.6) is 0 Å². The molecular weight excluding hydrogens is 214 g/mol. The maximum atomic E-state index is 11.7. The van der Waals surface area contributed by atoms with Crippen molar-refractivity contribution >= 4 is 16.3 Å². The molecule has 0 bridgehead atoms. The SMILES string of the molecule is Cc1cccc(S(=O)(=O)NC(C)C=O)c1. The molecular formula is C10H13NO3S. The molecule has 1 unspecified atom stereocenters. The van der Waals surface area contributed by atoms with Gasteiger partial charge in [-0.3, -0.25) is 0 Å². The fraction of sp³-hybridized carbons (Fsp3) is 0.300. The lowest BCUT2D eigenvalue weighted by Crippen LogP contribution is -2.33. The van der Waals surface area contributed by atoms with Crippen LogP contribution in [0.2, 0.25) is 0 Å². The van der Waals surface area contributed by atoms with Gasteiger partial charge in [0.25, 0.3) is 0 Å². The number of nitrogens with one attached hydrogen (secondary N) is 1. The van der Waals surface area contributed by atoms with Crippen molar-refractivity contribution in [2.45, 2.75) is 24.8 Å². The van der Waals surface area contributed by atoms with E-state index in [0.29, 0.717) is 6.29 Å². The van der Waals surface area contributed by atoms with Gasteiger partial charge in [0.1, 0.15) is 6.29 Å². The lowest BCUT2D eigenvalue weighted by atomic mass is 10.2. The Kier molecular flexibility index (Phi) is 3.60. The highest BCUT2D eigenvalue weighted by atomic mass is 32.2. The first kappa shape index (κ1) is 11.9. The summed E-state index contributed by atoms with van der Waals surface area (Å²) in [4.78, 5) is 10.5. The topological polar surface area (TPSA) is 63.2 Å². The van der Waals surface area contributed by atoms with E-state index in [1.807, 2.05) is 13.0 Å². The molecule has 1 rings (SSSR count). The Morgan fingerprint density at radius 1 is 1.40 bits per heavy atom. The average Bonchev–Trinajstić information content (AvgIpc) is 2.17. The molecule has 1 atom stereocenters. The molecule has 0 aromatic heterocycles. The van der Waals surface area contributed by atoms with Crippen molar-refractivity contribution in [3.63, 3.8) is 0 Å². The average molecular weight is 227 g/mol. The first-order chi connectivity index (χ1) is 6.95. The molecule has 0 aliphatic rings. The minimum Gasteiger partial charge on any atom is -0.302 e. The summed E-state index contributed by atoms with van der Waals surface area (Å²) in [6.07, 6.45) is 0.549. The molecule has 0 aliphatic carbocycles. The maximum absolute atomic E-state index is 11.7. The molecule has 0 spiro atoms. The van der Waals surface area contributed by atoms with E-state index in [1.165, 1.54) is 13.0 Å². The van der Waals surface area contributed by atoms with Gasteiger partial charge >= 0.3 is 0 Å². The standard InChI is InChI=1S/C10H13NO3S/c1-8-4-3-5-10(6-8)15(13,14)11-9(2)7-12/h3-7,9,11H,1-2H3. The molecule has 0 aliphatic heterocycles. The molecule has 15 heavy (non-hydrogen) atoms. The largest absolute Gasteiger partial charge is 0.302 e. The van der Waals surface area contributed by atoms with Gasteiger partial charge in [0.15, 0.2) is 0 Å². The second-order valence-electron chi connectivity index (χ2n) is 3.36. The fourth-order valence-electron chi connectivity index (χ4n) is 1.12. The summed E-state index contributed by atoms with van der Waals surface area (Å²) < 4.78 is 25.6. The van der Waals surface area contributed by atoms with E-state index in [0.717, 1.165) is 5.56 Å². The Morgan fingerprint density at radius 3 is 2.60 bits per heavy atom. The van der Waals surface area contributed by atoms with Gasteiger partial charge in [0.2, 0.25) is 10.0 Å². The second kappa shape index (κ2) is 4.55. The van der Waals surface area contributed by atoms with Gasteiger partial charge in [-0.1, -0.05) is 12.1 Å². The fourth-order valence-corrected chi connectivity index (χ4v) is 2.40. The summed E-state index contributed by atoms with van der Waals surface area (Å²) in [7, 11) is -3.58. The van der Waals surface area contributed by atoms with Crippen molar-refractivity contribution in [3.05, 3.63) is 29.8 Å². The number of carbonyl (C=O) groups is 1. The van der Waals surface area contributed by atoms with Crippen molar-refractivity contribution in [2.75, 3.05) is 0 Å². The van der Waals surface area contributed by atoms with Gasteiger partial charge in [-0.05, 0) is 31.5 Å². The lowest BCUT2D eigenvalue weighted by Gasteiger charge is -2.08. The Morgan fingerprint density at radius 2 is 2.07 bits per heavy atom. The van der Waals surface area contributed by atoms with Crippen molar-refractivity contribution in [3.8, 4) is 0 Å². The number of carbonyl (C=O) groups excluding carboxylic acids is 1. The van der Waals surface area contributed by atoms with Gasteiger partial charge in [-0.25, -0.2) is 13.1 Å². The molecule has 0 saturated carbocycles. The number of hydrogen-bond donors (Lipinski definition) is 1. The van der Waals surface area contributed by atoms with E-state index >= 15 is 0 Å². The van der Waals surface area contributed by atoms with Gasteiger partial charge < -0.3 is 4.79 Å². The van der Waals surface area contributed by atoms with Crippen molar-refractivity contribution < 1.29 is 13.2 Å². The molecule has 0 saturated heterocycles. The monoisotopic (exact) mass is 227 g/mol. The summed E-state index contributed by atoms with van der Waals surface area (Å²) in [5.41, 5.74) is 0.858. The number of hydrogen-bond acceptors (Lipinski definition) is 3. The van der Waals surface area contributed by atoms with Crippen LogP contribution in [0.25, 0.3) is 0 Å². The number of benzene rings is 1. The highest BCUT2D eigenvalue weighted by molar-refractivity contribution is 7.89. The number of aldehydes is 1. The van der Waals surface area contributed by atoms with E-state index in [-0.39, 0.29) is 4.90 Å². The maximum Gasteiger partial charge on any atom is 0.241 e. The second-order valence-corrected chi connectivity index (χ2v) is 5.08. The van der Waals surface area contributed by atoms with Gasteiger partial charge in [0, 0.05) is 0 Å². The van der Waals surface area contributed by atoms with Gasteiger partial charge in [-0.15, -0.1) is 0 Å². The third-order valence-corrected chi connectivity index (χ3v) is 3.40. The summed E-state index contributed by atoms with van der Waals surface area (Å²) in [6.45, 7) is 3.29. The number of rotatable bonds is 4. The normalized spacial score (nSPS) is 13.5. The molecule has 82 valence electrons. The van der Waals surface area contributed by atoms with Crippen LogP contribution in [-0.4, -0.2) is 20.7 Å². The molecule has 0 fully saturated rings. The van der Waals surface area contributed by atoms with Gasteiger partial charge in [-0.2, -0.15) is 0 Å². The Bertz CT molecular complexity index is 453. The van der Waals surface area contributed by atoms with Crippen LogP contribution < -0.4 is 4.72 Å². The van der Waals surface area contributed by atoms with Crippen LogP contribution in [0.1, 0.15) is 12.5 Å². The van der Waals surface area contributed by atoms with Crippen LogP contribution in [0.15, 0.2) is 29.2 Å². The van der Waals surface area contributed by atoms with E-state index in [1.54, 1.807) is 12.1 Å². The van der Waals surface area contributed by atoms with E-state index in [9.17, 15) is 13.2 Å². The number of sulfonamides is 1. The predicted octanol–water partition coefficient (Wildman–Crippen LogP) is 0.861. The third kappa shape index (κ3) is 3.14. The Balaban J connectivity index is 3.01. The zero-order valence-corrected chi connectivity index (χ0v) is 9.41. The Hall–Kier alpha value is -1.20. The van der Waals surface area contributed by atoms with E-state index < -0.39 is 16.1 Å². The first-order valence-electron chi connectivity index (χ1n) is 4.50. The molecule has 0 radical (unpaired) electrons. The van der Waals surface area contributed by atoms with Crippen LogP contribution in [0.3, 0.4) is 0 Å². The molecule has 1 aromatic carbocycles. The van der Waals surface area contributed by atoms with E-state index in [4.69, 9.17) is 0 Å². The molecule has 4 nitrogen and oxygen atoms in total. The highest BCUT2D eigenvalue weighted by Gasteiger charge is 2.16. The summed E-state index contributed by atoms with van der Waals surface area (Å²) >= 11 is 0. The van der Waals surface area contributed by atoms with Crippen LogP contribution in [-0.2, 0) is 14.8 Å². The van der Waals surface area contributed by atoms with Crippen molar-refractivity contribution in [1.82, 2.24) is 4.72 Å². The summed E-state index contributed by atoms with van der Waals surface area (Å²) in [5, 5.41) is 0. The minimum atomic E-state index is -3.58.